The van der Waals surface area contributed by atoms with Gasteiger partial charge < -0.3 is 20.8 Å². The second kappa shape index (κ2) is 9.74. The summed E-state index contributed by atoms with van der Waals surface area (Å²) in [6.07, 6.45) is 2.34. The molecule has 29 heavy (non-hydrogen) atoms. The highest BCUT2D eigenvalue weighted by Crippen LogP contribution is 2.23. The topological polar surface area (TPSA) is 156 Å². The van der Waals surface area contributed by atoms with Crippen LogP contribution in [0.1, 0.15) is 26.3 Å². The number of rotatable bonds is 5. The number of nitrogens with zero attached hydrogens (tertiary/aromatic N) is 3. The SMILES string of the molecule is CC(C)(C)N(CCc1cc(Br)n(S(=O)(=O)c2cccnc2)c1)C(=O)O.NC(=O)O. The Labute approximate surface area is 177 Å². The van der Waals surface area contributed by atoms with Crippen molar-refractivity contribution in [3.63, 3.8) is 0 Å². The van der Waals surface area contributed by atoms with Crippen LogP contribution in [0, 0.1) is 0 Å². The fraction of sp³-hybridized carbons (Fsp3) is 0.353. The Hall–Kier alpha value is -2.60. The summed E-state index contributed by atoms with van der Waals surface area (Å²) in [4.78, 5) is 25.4. The molecule has 4 N–H and O–H groups in total. The predicted octanol–water partition coefficient (Wildman–Crippen LogP) is 2.83. The van der Waals surface area contributed by atoms with Crippen LogP contribution < -0.4 is 5.73 Å². The highest BCUT2D eigenvalue weighted by molar-refractivity contribution is 9.10. The van der Waals surface area contributed by atoms with Gasteiger partial charge in [0, 0.05) is 30.7 Å². The van der Waals surface area contributed by atoms with Gasteiger partial charge in [0.25, 0.3) is 10.0 Å². The molecule has 0 fully saturated rings. The van der Waals surface area contributed by atoms with Crippen LogP contribution in [0.15, 0.2) is 46.3 Å². The van der Waals surface area contributed by atoms with Crippen molar-refractivity contribution in [3.05, 3.63) is 47.0 Å². The van der Waals surface area contributed by atoms with Crippen molar-refractivity contribution in [1.29, 1.82) is 0 Å². The number of hydrogen-bond acceptors (Lipinski definition) is 5. The molecule has 0 aliphatic carbocycles. The zero-order chi connectivity index (χ0) is 22.4. The largest absolute Gasteiger partial charge is 0.465 e. The fourth-order valence-corrected chi connectivity index (χ4v) is 4.56. The van der Waals surface area contributed by atoms with E-state index in [-0.39, 0.29) is 11.4 Å². The fourth-order valence-electron chi connectivity index (χ4n) is 2.36. The molecule has 0 atom stereocenters. The van der Waals surface area contributed by atoms with Crippen molar-refractivity contribution >= 4 is 38.1 Å². The molecule has 10 nitrogen and oxygen atoms in total. The van der Waals surface area contributed by atoms with Gasteiger partial charge in [0.1, 0.15) is 9.50 Å². The van der Waals surface area contributed by atoms with Gasteiger partial charge in [-0.15, -0.1) is 0 Å². The summed E-state index contributed by atoms with van der Waals surface area (Å²) in [6.45, 7) is 5.71. The Kier molecular flexibility index (Phi) is 8.21. The summed E-state index contributed by atoms with van der Waals surface area (Å²) in [7, 11) is -3.75. The molecule has 2 amide bonds. The van der Waals surface area contributed by atoms with Gasteiger partial charge in [-0.2, -0.15) is 0 Å². The first kappa shape index (κ1) is 24.4. The molecule has 0 radical (unpaired) electrons. The molecule has 0 aromatic carbocycles. The molecule has 2 aromatic rings. The lowest BCUT2D eigenvalue weighted by Crippen LogP contribution is -2.45. The van der Waals surface area contributed by atoms with E-state index in [9.17, 15) is 18.3 Å². The van der Waals surface area contributed by atoms with Crippen molar-refractivity contribution in [2.24, 2.45) is 5.73 Å². The van der Waals surface area contributed by atoms with Gasteiger partial charge in [0.05, 0.1) is 0 Å². The number of nitrogens with two attached hydrogens (primary N) is 1. The molecule has 160 valence electrons. The third-order valence-electron chi connectivity index (χ3n) is 3.65. The van der Waals surface area contributed by atoms with E-state index in [4.69, 9.17) is 9.90 Å². The molecule has 2 aromatic heterocycles. The summed E-state index contributed by atoms with van der Waals surface area (Å²) in [5, 5.41) is 16.5. The van der Waals surface area contributed by atoms with Gasteiger partial charge in [-0.05, 0) is 66.9 Å². The number of aromatic nitrogens is 2. The molecular formula is C17H23BrN4O6S. The second-order valence-electron chi connectivity index (χ2n) is 6.85. The number of hydrogen-bond donors (Lipinski definition) is 3. The van der Waals surface area contributed by atoms with Crippen LogP contribution in [0.2, 0.25) is 0 Å². The van der Waals surface area contributed by atoms with Crippen molar-refractivity contribution in [2.45, 2.75) is 37.6 Å². The van der Waals surface area contributed by atoms with E-state index in [1.807, 2.05) is 20.8 Å². The maximum absolute atomic E-state index is 12.7. The minimum atomic E-state index is -3.75. The predicted molar refractivity (Wildman–Crippen MR) is 109 cm³/mol. The van der Waals surface area contributed by atoms with Crippen LogP contribution in [-0.2, 0) is 16.4 Å². The molecule has 0 aliphatic heterocycles. The Morgan fingerprint density at radius 2 is 1.90 bits per heavy atom. The summed E-state index contributed by atoms with van der Waals surface area (Å²) in [5.41, 5.74) is 4.21. The van der Waals surface area contributed by atoms with Crippen LogP contribution in [0.3, 0.4) is 0 Å². The second-order valence-corrected chi connectivity index (χ2v) is 9.48. The molecular weight excluding hydrogens is 468 g/mol. The Morgan fingerprint density at radius 3 is 2.34 bits per heavy atom. The van der Waals surface area contributed by atoms with E-state index in [1.165, 1.54) is 29.6 Å². The maximum Gasteiger partial charge on any atom is 0.407 e. The van der Waals surface area contributed by atoms with E-state index >= 15 is 0 Å². The van der Waals surface area contributed by atoms with Crippen LogP contribution in [0.5, 0.6) is 0 Å². The smallest absolute Gasteiger partial charge is 0.407 e. The molecule has 2 rings (SSSR count). The number of amides is 2. The maximum atomic E-state index is 12.7. The van der Waals surface area contributed by atoms with Crippen LogP contribution >= 0.6 is 15.9 Å². The van der Waals surface area contributed by atoms with Crippen molar-refractivity contribution in [1.82, 2.24) is 13.9 Å². The molecule has 0 bridgehead atoms. The first-order valence-electron chi connectivity index (χ1n) is 8.28. The summed E-state index contributed by atoms with van der Waals surface area (Å²) < 4.78 is 26.8. The van der Waals surface area contributed by atoms with Crippen LogP contribution in [0.4, 0.5) is 9.59 Å². The molecule has 0 spiro atoms. The zero-order valence-corrected chi connectivity index (χ0v) is 18.5. The van der Waals surface area contributed by atoms with Crippen LogP contribution in [0.25, 0.3) is 0 Å². The third-order valence-corrected chi connectivity index (χ3v) is 6.16. The number of primary amides is 1. The van der Waals surface area contributed by atoms with Gasteiger partial charge in [-0.3, -0.25) is 4.98 Å². The van der Waals surface area contributed by atoms with E-state index < -0.39 is 27.7 Å². The molecule has 12 heteroatoms. The number of pyridine rings is 1. The highest BCUT2D eigenvalue weighted by Gasteiger charge is 2.26. The van der Waals surface area contributed by atoms with E-state index in [0.29, 0.717) is 11.0 Å². The van der Waals surface area contributed by atoms with Crippen molar-refractivity contribution in [3.8, 4) is 0 Å². The Balaban J connectivity index is 0.000000960. The lowest BCUT2D eigenvalue weighted by Gasteiger charge is -2.33. The average molecular weight is 491 g/mol. The Bertz CT molecular complexity index is 950. The van der Waals surface area contributed by atoms with Crippen molar-refractivity contribution in [2.75, 3.05) is 6.54 Å². The molecule has 0 aliphatic rings. The van der Waals surface area contributed by atoms with Gasteiger partial charge in [-0.1, -0.05) is 0 Å². The normalized spacial score (nSPS) is 11.3. The van der Waals surface area contributed by atoms with Crippen molar-refractivity contribution < 1.29 is 28.2 Å². The van der Waals surface area contributed by atoms with E-state index in [1.54, 1.807) is 12.1 Å². The first-order chi connectivity index (χ1) is 13.3. The van der Waals surface area contributed by atoms with E-state index in [2.05, 4.69) is 26.6 Å². The number of halogens is 1. The standard InChI is InChI=1S/C16H20BrN3O4S.CH3NO2/c1-16(2,3)19(15(21)22)8-6-12-9-14(17)20(11-12)25(23,24)13-5-4-7-18-10-13;2-1(3)4/h4-5,7,9-11H,6,8H2,1-3H3,(H,21,22);2H2,(H,3,4). The number of carboxylic acid groups (broad SMARTS) is 2. The summed E-state index contributed by atoms with van der Waals surface area (Å²) >= 11 is 3.26. The molecule has 0 unspecified atom stereocenters. The zero-order valence-electron chi connectivity index (χ0n) is 16.1. The highest BCUT2D eigenvalue weighted by atomic mass is 79.9. The lowest BCUT2D eigenvalue weighted by atomic mass is 10.1. The van der Waals surface area contributed by atoms with Gasteiger partial charge in [0.15, 0.2) is 0 Å². The molecule has 0 saturated heterocycles. The minimum Gasteiger partial charge on any atom is -0.465 e. The molecule has 0 saturated carbocycles. The minimum absolute atomic E-state index is 0.0831. The van der Waals surface area contributed by atoms with Gasteiger partial charge in [0.2, 0.25) is 0 Å². The number of carbonyl (C=O) groups is 2. The average Bonchev–Trinajstić information content (AvgIpc) is 2.95. The summed E-state index contributed by atoms with van der Waals surface area (Å²) in [5.74, 6) is 0. The monoisotopic (exact) mass is 490 g/mol. The quantitative estimate of drug-likeness (QED) is 0.581. The third kappa shape index (κ3) is 7.06. The van der Waals surface area contributed by atoms with Crippen LogP contribution in [-0.4, -0.2) is 56.8 Å². The molecule has 2 heterocycles. The van der Waals surface area contributed by atoms with Gasteiger partial charge >= 0.3 is 12.2 Å². The van der Waals surface area contributed by atoms with E-state index in [0.717, 1.165) is 9.54 Å². The lowest BCUT2D eigenvalue weighted by molar-refractivity contribution is 0.101. The Morgan fingerprint density at radius 1 is 1.31 bits per heavy atom. The van der Waals surface area contributed by atoms with Gasteiger partial charge in [-0.25, -0.2) is 22.0 Å². The first-order valence-corrected chi connectivity index (χ1v) is 10.5. The summed E-state index contributed by atoms with van der Waals surface area (Å²) in [6, 6.07) is 4.70.